The molecule has 4 rings (SSSR count). The molecule has 3 aromatic rings. The minimum absolute atomic E-state index is 0.220. The number of rotatable bonds is 4. The van der Waals surface area contributed by atoms with Gasteiger partial charge in [0.1, 0.15) is 5.82 Å². The molecule has 1 aliphatic heterocycles. The molecule has 0 radical (unpaired) electrons. The van der Waals surface area contributed by atoms with Gasteiger partial charge in [0.25, 0.3) is 0 Å². The van der Waals surface area contributed by atoms with Gasteiger partial charge >= 0.3 is 5.97 Å². The average Bonchev–Trinajstić information content (AvgIpc) is 2.73. The number of anilines is 5. The van der Waals surface area contributed by atoms with Gasteiger partial charge in [-0.25, -0.2) is 9.18 Å². The van der Waals surface area contributed by atoms with Crippen LogP contribution >= 0.6 is 0 Å². The standard InChI is InChI=1S/C22H19FN4O2/c23-16-3-7-18(8-4-16)26-9-10-27(17-5-1-14(2-6-17)22(28)29)21-12-19(25)15(13-24)11-20(21)26/h1-8,11-13,24H,9-10,25H2,(H,28,29). The van der Waals surface area contributed by atoms with E-state index in [1.807, 2.05) is 12.1 Å². The lowest BCUT2D eigenvalue weighted by atomic mass is 10.0. The van der Waals surface area contributed by atoms with Crippen LogP contribution in [-0.4, -0.2) is 30.4 Å². The zero-order chi connectivity index (χ0) is 20.5. The van der Waals surface area contributed by atoms with Gasteiger partial charge < -0.3 is 26.0 Å². The first-order valence-electron chi connectivity index (χ1n) is 9.06. The van der Waals surface area contributed by atoms with Crippen LogP contribution in [0.15, 0.2) is 60.7 Å². The molecule has 0 spiro atoms. The lowest BCUT2D eigenvalue weighted by Gasteiger charge is -2.39. The monoisotopic (exact) mass is 390 g/mol. The fourth-order valence-corrected chi connectivity index (χ4v) is 3.55. The molecule has 1 heterocycles. The quantitative estimate of drug-likeness (QED) is 0.454. The molecule has 1 aliphatic rings. The number of carbonyl (C=O) groups is 1. The van der Waals surface area contributed by atoms with Crippen LogP contribution in [0.25, 0.3) is 0 Å². The first kappa shape index (κ1) is 18.5. The van der Waals surface area contributed by atoms with Gasteiger partial charge in [-0.15, -0.1) is 0 Å². The topological polar surface area (TPSA) is 93.7 Å². The van der Waals surface area contributed by atoms with Crippen molar-refractivity contribution in [3.05, 3.63) is 77.6 Å². The second kappa shape index (κ2) is 7.27. The van der Waals surface area contributed by atoms with E-state index in [9.17, 15) is 9.18 Å². The molecule has 29 heavy (non-hydrogen) atoms. The van der Waals surface area contributed by atoms with E-state index in [-0.39, 0.29) is 11.4 Å². The second-order valence-electron chi connectivity index (χ2n) is 6.75. The fourth-order valence-electron chi connectivity index (χ4n) is 3.55. The molecule has 0 amide bonds. The Hall–Kier alpha value is -3.87. The van der Waals surface area contributed by atoms with Crippen molar-refractivity contribution in [3.8, 4) is 0 Å². The number of carboxylic acids is 1. The van der Waals surface area contributed by atoms with Crippen molar-refractivity contribution in [1.29, 1.82) is 5.41 Å². The summed E-state index contributed by atoms with van der Waals surface area (Å²) < 4.78 is 13.4. The van der Waals surface area contributed by atoms with Crippen molar-refractivity contribution >= 4 is 40.6 Å². The summed E-state index contributed by atoms with van der Waals surface area (Å²) in [5.41, 5.74) is 10.8. The molecule has 4 N–H and O–H groups in total. The number of carboxylic acid groups (broad SMARTS) is 1. The number of aromatic carboxylic acids is 1. The van der Waals surface area contributed by atoms with Crippen molar-refractivity contribution in [1.82, 2.24) is 0 Å². The third-order valence-electron chi connectivity index (χ3n) is 5.03. The Balaban J connectivity index is 1.81. The number of fused-ring (bicyclic) bond motifs is 1. The van der Waals surface area contributed by atoms with Gasteiger partial charge in [-0.3, -0.25) is 0 Å². The second-order valence-corrected chi connectivity index (χ2v) is 6.75. The molecule has 0 fully saturated rings. The van der Waals surface area contributed by atoms with E-state index in [0.29, 0.717) is 24.3 Å². The minimum Gasteiger partial charge on any atom is -0.478 e. The summed E-state index contributed by atoms with van der Waals surface area (Å²) >= 11 is 0. The number of hydrogen-bond donors (Lipinski definition) is 3. The Morgan fingerprint density at radius 1 is 0.966 bits per heavy atom. The molecule has 0 unspecified atom stereocenters. The summed E-state index contributed by atoms with van der Waals surface area (Å²) in [4.78, 5) is 15.3. The maximum Gasteiger partial charge on any atom is 0.335 e. The van der Waals surface area contributed by atoms with Gasteiger partial charge in [-0.05, 0) is 60.7 Å². The molecule has 0 saturated heterocycles. The summed E-state index contributed by atoms with van der Waals surface area (Å²) in [7, 11) is 0. The SMILES string of the molecule is N=Cc1cc2c(cc1N)N(c1ccc(C(=O)O)cc1)CCN2c1ccc(F)cc1. The van der Waals surface area contributed by atoms with Crippen LogP contribution in [0.4, 0.5) is 32.8 Å². The van der Waals surface area contributed by atoms with Gasteiger partial charge in [0, 0.05) is 41.9 Å². The Kier molecular flexibility index (Phi) is 4.64. The molecule has 7 heteroatoms. The van der Waals surface area contributed by atoms with Crippen LogP contribution in [-0.2, 0) is 0 Å². The molecule has 0 aromatic heterocycles. The highest BCUT2D eigenvalue weighted by Gasteiger charge is 2.26. The van der Waals surface area contributed by atoms with Crippen LogP contribution in [0.1, 0.15) is 15.9 Å². The molecule has 0 bridgehead atoms. The van der Waals surface area contributed by atoms with E-state index >= 15 is 0 Å². The molecular weight excluding hydrogens is 371 g/mol. The van der Waals surface area contributed by atoms with Crippen molar-refractivity contribution in [3.63, 3.8) is 0 Å². The smallest absolute Gasteiger partial charge is 0.335 e. The molecule has 0 saturated carbocycles. The third-order valence-corrected chi connectivity index (χ3v) is 5.03. The zero-order valence-electron chi connectivity index (χ0n) is 15.5. The van der Waals surface area contributed by atoms with E-state index in [1.54, 1.807) is 36.4 Å². The number of nitrogen functional groups attached to an aromatic ring is 1. The van der Waals surface area contributed by atoms with Crippen molar-refractivity contribution in [2.75, 3.05) is 28.6 Å². The fraction of sp³-hybridized carbons (Fsp3) is 0.0909. The number of halogens is 1. The number of benzene rings is 3. The molecule has 0 aliphatic carbocycles. The van der Waals surface area contributed by atoms with Crippen LogP contribution in [0, 0.1) is 11.2 Å². The minimum atomic E-state index is -0.974. The molecular formula is C22H19FN4O2. The van der Waals surface area contributed by atoms with Gasteiger partial charge in [-0.2, -0.15) is 0 Å². The lowest BCUT2D eigenvalue weighted by molar-refractivity contribution is 0.0697. The van der Waals surface area contributed by atoms with E-state index in [4.69, 9.17) is 16.2 Å². The summed E-state index contributed by atoms with van der Waals surface area (Å²) in [6, 6.07) is 16.6. The summed E-state index contributed by atoms with van der Waals surface area (Å²) in [5.74, 6) is -1.28. The van der Waals surface area contributed by atoms with Gasteiger partial charge in [-0.1, -0.05) is 0 Å². The first-order valence-corrected chi connectivity index (χ1v) is 9.06. The van der Waals surface area contributed by atoms with E-state index in [1.165, 1.54) is 18.3 Å². The number of hydrogen-bond acceptors (Lipinski definition) is 5. The maximum atomic E-state index is 13.4. The Labute approximate surface area is 167 Å². The summed E-state index contributed by atoms with van der Waals surface area (Å²) in [5, 5.41) is 16.8. The average molecular weight is 390 g/mol. The van der Waals surface area contributed by atoms with Crippen molar-refractivity contribution < 1.29 is 14.3 Å². The number of nitrogens with two attached hydrogens (primary N) is 1. The van der Waals surface area contributed by atoms with Crippen molar-refractivity contribution in [2.24, 2.45) is 0 Å². The van der Waals surface area contributed by atoms with Crippen LogP contribution in [0.5, 0.6) is 0 Å². The van der Waals surface area contributed by atoms with Gasteiger partial charge in [0.05, 0.1) is 16.9 Å². The van der Waals surface area contributed by atoms with E-state index < -0.39 is 5.97 Å². The Bertz CT molecular complexity index is 1080. The number of nitrogens with one attached hydrogen (secondary N) is 1. The van der Waals surface area contributed by atoms with Crippen LogP contribution in [0.2, 0.25) is 0 Å². The van der Waals surface area contributed by atoms with E-state index in [2.05, 4.69) is 9.80 Å². The summed E-state index contributed by atoms with van der Waals surface area (Å²) in [6.45, 7) is 1.25. The first-order chi connectivity index (χ1) is 14.0. The zero-order valence-corrected chi connectivity index (χ0v) is 15.5. The number of nitrogens with zero attached hydrogens (tertiary/aromatic N) is 2. The Morgan fingerprint density at radius 2 is 1.48 bits per heavy atom. The predicted molar refractivity (Wildman–Crippen MR) is 113 cm³/mol. The van der Waals surface area contributed by atoms with Crippen LogP contribution in [0.3, 0.4) is 0 Å². The highest BCUT2D eigenvalue weighted by Crippen LogP contribution is 2.43. The third kappa shape index (κ3) is 3.38. The maximum absolute atomic E-state index is 13.4. The molecule has 3 aromatic carbocycles. The van der Waals surface area contributed by atoms with Gasteiger partial charge in [0.15, 0.2) is 0 Å². The van der Waals surface area contributed by atoms with Crippen molar-refractivity contribution in [2.45, 2.75) is 0 Å². The molecule has 0 atom stereocenters. The largest absolute Gasteiger partial charge is 0.478 e. The molecule has 6 nitrogen and oxygen atoms in total. The lowest BCUT2D eigenvalue weighted by Crippen LogP contribution is -2.36. The highest BCUT2D eigenvalue weighted by molar-refractivity contribution is 5.95. The Morgan fingerprint density at radius 3 is 2.00 bits per heavy atom. The highest BCUT2D eigenvalue weighted by atomic mass is 19.1. The summed E-state index contributed by atoms with van der Waals surface area (Å²) in [6.07, 6.45) is 1.21. The van der Waals surface area contributed by atoms with E-state index in [0.717, 1.165) is 22.7 Å². The van der Waals surface area contributed by atoms with Gasteiger partial charge in [0.2, 0.25) is 0 Å². The van der Waals surface area contributed by atoms with Crippen LogP contribution < -0.4 is 15.5 Å². The normalized spacial score (nSPS) is 13.1. The molecule has 146 valence electrons. The predicted octanol–water partition coefficient (Wildman–Crippen LogP) is 4.39.